The molecule has 1 aliphatic heterocycles. The van der Waals surface area contributed by atoms with E-state index in [1.807, 2.05) is 30.3 Å². The van der Waals surface area contributed by atoms with Crippen LogP contribution in [0.25, 0.3) is 0 Å². The fourth-order valence-corrected chi connectivity index (χ4v) is 4.13. The summed E-state index contributed by atoms with van der Waals surface area (Å²) < 4.78 is 10.1. The predicted octanol–water partition coefficient (Wildman–Crippen LogP) is 2.86. The SMILES string of the molecule is COC(=O)c1ccc(CN2CCN(Cc3ccc(OC)c(C)c3)[C@@H](CCO)C2)cc1. The van der Waals surface area contributed by atoms with Gasteiger partial charge in [-0.3, -0.25) is 9.80 Å². The van der Waals surface area contributed by atoms with E-state index < -0.39 is 0 Å². The number of esters is 1. The van der Waals surface area contributed by atoms with Gasteiger partial charge in [-0.05, 0) is 48.2 Å². The van der Waals surface area contributed by atoms with Gasteiger partial charge in [0.2, 0.25) is 0 Å². The molecule has 162 valence electrons. The molecule has 2 aromatic carbocycles. The fraction of sp³-hybridized carbons (Fsp3) is 0.458. The lowest BCUT2D eigenvalue weighted by atomic mass is 10.0. The molecule has 0 saturated carbocycles. The van der Waals surface area contributed by atoms with E-state index in [-0.39, 0.29) is 12.6 Å². The Morgan fingerprint density at radius 1 is 1.07 bits per heavy atom. The van der Waals surface area contributed by atoms with E-state index in [1.54, 1.807) is 7.11 Å². The van der Waals surface area contributed by atoms with Crippen LogP contribution < -0.4 is 4.74 Å². The normalized spacial score (nSPS) is 17.7. The summed E-state index contributed by atoms with van der Waals surface area (Å²) >= 11 is 0. The fourth-order valence-electron chi connectivity index (χ4n) is 4.13. The van der Waals surface area contributed by atoms with Crippen molar-refractivity contribution in [3.05, 3.63) is 64.7 Å². The predicted molar refractivity (Wildman–Crippen MR) is 117 cm³/mol. The van der Waals surface area contributed by atoms with Gasteiger partial charge in [0.1, 0.15) is 5.75 Å². The number of nitrogens with zero attached hydrogens (tertiary/aromatic N) is 2. The smallest absolute Gasteiger partial charge is 0.337 e. The Morgan fingerprint density at radius 3 is 2.43 bits per heavy atom. The Kier molecular flexibility index (Phi) is 7.85. The highest BCUT2D eigenvalue weighted by atomic mass is 16.5. The molecular weight excluding hydrogens is 380 g/mol. The average Bonchev–Trinajstić information content (AvgIpc) is 2.76. The van der Waals surface area contributed by atoms with Crippen LogP contribution in [-0.4, -0.2) is 67.4 Å². The van der Waals surface area contributed by atoms with Crippen molar-refractivity contribution < 1.29 is 19.4 Å². The van der Waals surface area contributed by atoms with Crippen LogP contribution in [0.1, 0.15) is 33.5 Å². The van der Waals surface area contributed by atoms with E-state index in [1.165, 1.54) is 18.2 Å². The zero-order chi connectivity index (χ0) is 21.5. The van der Waals surface area contributed by atoms with Crippen molar-refractivity contribution in [2.45, 2.75) is 32.5 Å². The molecule has 0 amide bonds. The average molecular weight is 413 g/mol. The topological polar surface area (TPSA) is 62.2 Å². The van der Waals surface area contributed by atoms with Crippen LogP contribution in [0.4, 0.5) is 0 Å². The van der Waals surface area contributed by atoms with Gasteiger partial charge in [-0.25, -0.2) is 4.79 Å². The summed E-state index contributed by atoms with van der Waals surface area (Å²) in [4.78, 5) is 16.5. The first-order valence-corrected chi connectivity index (χ1v) is 10.4. The second-order valence-corrected chi connectivity index (χ2v) is 7.86. The van der Waals surface area contributed by atoms with E-state index in [0.29, 0.717) is 11.6 Å². The third-order valence-electron chi connectivity index (χ3n) is 5.78. The molecule has 6 nitrogen and oxygen atoms in total. The number of aliphatic hydroxyl groups is 1. The van der Waals surface area contributed by atoms with E-state index in [2.05, 4.69) is 28.9 Å². The number of benzene rings is 2. The third-order valence-corrected chi connectivity index (χ3v) is 5.78. The molecule has 1 aliphatic rings. The summed E-state index contributed by atoms with van der Waals surface area (Å²) in [7, 11) is 3.09. The van der Waals surface area contributed by atoms with Gasteiger partial charge in [0, 0.05) is 45.4 Å². The highest BCUT2D eigenvalue weighted by Crippen LogP contribution is 2.22. The van der Waals surface area contributed by atoms with Gasteiger partial charge in [0.15, 0.2) is 0 Å². The van der Waals surface area contributed by atoms with Crippen molar-refractivity contribution in [1.29, 1.82) is 0 Å². The summed E-state index contributed by atoms with van der Waals surface area (Å²) in [6.07, 6.45) is 0.757. The molecule has 0 aromatic heterocycles. The van der Waals surface area contributed by atoms with E-state index in [9.17, 15) is 9.90 Å². The molecule has 0 unspecified atom stereocenters. The lowest BCUT2D eigenvalue weighted by Gasteiger charge is -2.41. The Balaban J connectivity index is 1.61. The van der Waals surface area contributed by atoms with Crippen molar-refractivity contribution in [3.63, 3.8) is 0 Å². The van der Waals surface area contributed by atoms with Crippen LogP contribution in [-0.2, 0) is 17.8 Å². The number of hydrogen-bond acceptors (Lipinski definition) is 6. The lowest BCUT2D eigenvalue weighted by molar-refractivity contribution is 0.0499. The van der Waals surface area contributed by atoms with E-state index in [0.717, 1.165) is 50.5 Å². The minimum atomic E-state index is -0.313. The molecule has 1 atom stereocenters. The molecule has 0 aliphatic carbocycles. The number of aliphatic hydroxyl groups excluding tert-OH is 1. The standard InChI is InChI=1S/C24H32N2O4/c1-18-14-20(6-9-23(18)29-2)16-26-12-11-25(17-22(26)10-13-27)15-19-4-7-21(8-5-19)24(28)30-3/h4-9,14,22,27H,10-13,15-17H2,1-3H3/t22-/m0/s1. The minimum absolute atomic E-state index is 0.185. The van der Waals surface area contributed by atoms with Gasteiger partial charge in [-0.2, -0.15) is 0 Å². The second kappa shape index (κ2) is 10.6. The quantitative estimate of drug-likeness (QED) is 0.673. The zero-order valence-corrected chi connectivity index (χ0v) is 18.1. The number of rotatable bonds is 8. The highest BCUT2D eigenvalue weighted by Gasteiger charge is 2.26. The maximum absolute atomic E-state index is 11.6. The van der Waals surface area contributed by atoms with Crippen molar-refractivity contribution in [3.8, 4) is 5.75 Å². The van der Waals surface area contributed by atoms with Gasteiger partial charge in [-0.15, -0.1) is 0 Å². The zero-order valence-electron chi connectivity index (χ0n) is 18.1. The van der Waals surface area contributed by atoms with Gasteiger partial charge in [0.05, 0.1) is 19.8 Å². The molecule has 1 saturated heterocycles. The van der Waals surface area contributed by atoms with Crippen molar-refractivity contribution in [2.75, 3.05) is 40.5 Å². The van der Waals surface area contributed by atoms with Crippen LogP contribution in [0.5, 0.6) is 5.75 Å². The van der Waals surface area contributed by atoms with Crippen LogP contribution in [0.2, 0.25) is 0 Å². The van der Waals surface area contributed by atoms with Gasteiger partial charge >= 0.3 is 5.97 Å². The number of aryl methyl sites for hydroxylation is 1. The third kappa shape index (κ3) is 5.59. The van der Waals surface area contributed by atoms with E-state index >= 15 is 0 Å². The van der Waals surface area contributed by atoms with Crippen LogP contribution in [0.15, 0.2) is 42.5 Å². The van der Waals surface area contributed by atoms with Crippen LogP contribution in [0.3, 0.4) is 0 Å². The summed E-state index contributed by atoms with van der Waals surface area (Å²) in [5.74, 6) is 0.598. The Labute approximate surface area is 179 Å². The van der Waals surface area contributed by atoms with E-state index in [4.69, 9.17) is 9.47 Å². The molecule has 1 N–H and O–H groups in total. The van der Waals surface area contributed by atoms with Crippen molar-refractivity contribution in [1.82, 2.24) is 9.80 Å². The number of methoxy groups -OCH3 is 2. The molecule has 3 rings (SSSR count). The summed E-state index contributed by atoms with van der Waals surface area (Å²) in [5.41, 5.74) is 4.15. The summed E-state index contributed by atoms with van der Waals surface area (Å²) in [6.45, 7) is 6.79. The molecule has 1 fully saturated rings. The summed E-state index contributed by atoms with van der Waals surface area (Å²) in [6, 6.07) is 14.2. The molecule has 1 heterocycles. The molecule has 6 heteroatoms. The van der Waals surface area contributed by atoms with Gasteiger partial charge in [-0.1, -0.05) is 24.3 Å². The monoisotopic (exact) mass is 412 g/mol. The molecule has 2 aromatic rings. The number of ether oxygens (including phenoxy) is 2. The number of hydrogen-bond donors (Lipinski definition) is 1. The van der Waals surface area contributed by atoms with Gasteiger partial charge < -0.3 is 14.6 Å². The highest BCUT2D eigenvalue weighted by molar-refractivity contribution is 5.89. The first-order chi connectivity index (χ1) is 14.5. The molecule has 30 heavy (non-hydrogen) atoms. The molecule has 0 radical (unpaired) electrons. The second-order valence-electron chi connectivity index (χ2n) is 7.86. The summed E-state index contributed by atoms with van der Waals surface area (Å²) in [5, 5.41) is 9.59. The van der Waals surface area contributed by atoms with Crippen molar-refractivity contribution >= 4 is 5.97 Å². The minimum Gasteiger partial charge on any atom is -0.496 e. The molecule has 0 spiro atoms. The van der Waals surface area contributed by atoms with Crippen molar-refractivity contribution in [2.24, 2.45) is 0 Å². The first kappa shape index (κ1) is 22.3. The van der Waals surface area contributed by atoms with Crippen LogP contribution in [0, 0.1) is 6.92 Å². The Hall–Kier alpha value is -2.41. The Bertz CT molecular complexity index is 838. The number of carbonyl (C=O) groups is 1. The van der Waals surface area contributed by atoms with Crippen LogP contribution >= 0.6 is 0 Å². The Morgan fingerprint density at radius 2 is 1.80 bits per heavy atom. The number of carbonyl (C=O) groups excluding carboxylic acids is 1. The maximum Gasteiger partial charge on any atom is 0.337 e. The molecule has 0 bridgehead atoms. The van der Waals surface area contributed by atoms with Gasteiger partial charge in [0.25, 0.3) is 0 Å². The first-order valence-electron chi connectivity index (χ1n) is 10.4. The largest absolute Gasteiger partial charge is 0.496 e. The maximum atomic E-state index is 11.6. The number of piperazine rings is 1. The molecular formula is C24H32N2O4. The lowest BCUT2D eigenvalue weighted by Crippen LogP contribution is -2.52.